The Morgan fingerprint density at radius 2 is 1.70 bits per heavy atom. The summed E-state index contributed by atoms with van der Waals surface area (Å²) in [6, 6.07) is 16.5. The number of carbonyl (C=O) groups excluding carboxylic acids is 1. The normalized spacial score (nSPS) is 20.6. The number of aryl methyl sites for hydroxylation is 1. The van der Waals surface area contributed by atoms with Crippen LogP contribution in [-0.2, 0) is 20.7 Å². The number of carboxylic acids is 1. The van der Waals surface area contributed by atoms with Gasteiger partial charge in [0.1, 0.15) is 24.1 Å². The fourth-order valence-electron chi connectivity index (χ4n) is 4.93. The lowest BCUT2D eigenvalue weighted by molar-refractivity contribution is -0.184. The lowest BCUT2D eigenvalue weighted by Crippen LogP contribution is -2.57. The van der Waals surface area contributed by atoms with Crippen molar-refractivity contribution < 1.29 is 23.8 Å². The Kier molecular flexibility index (Phi) is 8.53. The molecule has 0 saturated carbocycles. The molecule has 1 fully saturated rings. The van der Waals surface area contributed by atoms with Crippen LogP contribution in [0.25, 0.3) is 0 Å². The monoisotopic (exact) mass is 543 g/mol. The zero-order valence-electron chi connectivity index (χ0n) is 20.5. The van der Waals surface area contributed by atoms with Gasteiger partial charge in [0.25, 0.3) is 5.91 Å². The number of ether oxygens (including phenoxy) is 1. The zero-order valence-corrected chi connectivity index (χ0v) is 22.0. The Balaban J connectivity index is 1.88. The van der Waals surface area contributed by atoms with Gasteiger partial charge in [-0.05, 0) is 72.0 Å². The first-order chi connectivity index (χ1) is 17.7. The van der Waals surface area contributed by atoms with E-state index in [4.69, 9.17) is 27.9 Å². The molecule has 0 radical (unpaired) electrons. The summed E-state index contributed by atoms with van der Waals surface area (Å²) in [6.07, 6.45) is -0.624. The van der Waals surface area contributed by atoms with Gasteiger partial charge in [-0.15, -0.1) is 0 Å². The number of morpholine rings is 1. The fraction of sp³-hybridized carbons (Fsp3) is 0.310. The van der Waals surface area contributed by atoms with Crippen LogP contribution in [0, 0.1) is 12.7 Å². The highest BCUT2D eigenvalue weighted by Gasteiger charge is 2.48. The summed E-state index contributed by atoms with van der Waals surface area (Å²) in [7, 11) is 0. The van der Waals surface area contributed by atoms with Crippen LogP contribution in [0.4, 0.5) is 4.39 Å². The Morgan fingerprint density at radius 3 is 2.30 bits per heavy atom. The van der Waals surface area contributed by atoms with E-state index < -0.39 is 36.2 Å². The van der Waals surface area contributed by atoms with Crippen molar-refractivity contribution in [3.05, 3.63) is 105 Å². The van der Waals surface area contributed by atoms with E-state index in [1.54, 1.807) is 42.5 Å². The summed E-state index contributed by atoms with van der Waals surface area (Å²) in [5, 5.41) is 11.3. The first-order valence-electron chi connectivity index (χ1n) is 12.2. The van der Waals surface area contributed by atoms with Crippen molar-refractivity contribution in [1.82, 2.24) is 4.90 Å². The molecule has 0 bridgehead atoms. The highest BCUT2D eigenvalue weighted by Crippen LogP contribution is 2.45. The van der Waals surface area contributed by atoms with Gasteiger partial charge in [0, 0.05) is 16.5 Å². The van der Waals surface area contributed by atoms with Gasteiger partial charge in [-0.1, -0.05) is 66.9 Å². The molecule has 4 atom stereocenters. The molecule has 0 aliphatic carbocycles. The number of halogens is 3. The molecule has 8 heteroatoms. The van der Waals surface area contributed by atoms with E-state index in [-0.39, 0.29) is 18.7 Å². The number of carboxylic acid groups (broad SMARTS) is 1. The molecule has 1 aliphatic heterocycles. The third-order valence-corrected chi connectivity index (χ3v) is 7.18. The summed E-state index contributed by atoms with van der Waals surface area (Å²) in [5.74, 6) is -1.89. The van der Waals surface area contributed by atoms with E-state index in [2.05, 4.69) is 0 Å². The standard InChI is InChI=1S/C29H28Cl2FNO4/c1-3-4-24(29(35)36)33-26(19-7-9-20(30)10-8-19)27(23-14-11-21(31)15-17(23)2)37-25(28(33)34)16-18-5-12-22(32)13-6-18/h5-15,24-27H,3-4,16H2,1-2H3,(H,35,36)/t24-,25-,26+,27-/m0/s1. The average molecular weight is 544 g/mol. The molecule has 5 nitrogen and oxygen atoms in total. The molecule has 3 aromatic rings. The number of hydrogen-bond acceptors (Lipinski definition) is 3. The van der Waals surface area contributed by atoms with E-state index in [0.29, 0.717) is 27.6 Å². The second-order valence-corrected chi connectivity index (χ2v) is 10.1. The van der Waals surface area contributed by atoms with Crippen molar-refractivity contribution in [2.24, 2.45) is 0 Å². The van der Waals surface area contributed by atoms with Crippen molar-refractivity contribution >= 4 is 35.1 Å². The van der Waals surface area contributed by atoms with Crippen molar-refractivity contribution in [2.75, 3.05) is 0 Å². The molecule has 3 aromatic carbocycles. The summed E-state index contributed by atoms with van der Waals surface area (Å²) in [6.45, 7) is 3.79. The first kappa shape index (κ1) is 27.1. The largest absolute Gasteiger partial charge is 0.480 e. The topological polar surface area (TPSA) is 66.8 Å². The second-order valence-electron chi connectivity index (χ2n) is 9.26. The molecule has 37 heavy (non-hydrogen) atoms. The Bertz CT molecular complexity index is 1270. The number of nitrogens with zero attached hydrogens (tertiary/aromatic N) is 1. The maximum Gasteiger partial charge on any atom is 0.326 e. The SMILES string of the molecule is CCC[C@@H](C(=O)O)N1C(=O)[C@H](Cc2ccc(F)cc2)O[C@@H](c2ccc(Cl)cc2C)[C@H]1c1ccc(Cl)cc1. The molecule has 194 valence electrons. The molecule has 4 rings (SSSR count). The minimum atomic E-state index is -1.08. The number of hydrogen-bond donors (Lipinski definition) is 1. The minimum absolute atomic E-state index is 0.171. The van der Waals surface area contributed by atoms with Crippen LogP contribution in [0.3, 0.4) is 0 Å². The second kappa shape index (κ2) is 11.6. The van der Waals surface area contributed by atoms with Crippen molar-refractivity contribution in [1.29, 1.82) is 0 Å². The molecule has 1 N–H and O–H groups in total. The van der Waals surface area contributed by atoms with E-state index in [1.807, 2.05) is 26.0 Å². The predicted molar refractivity (Wildman–Crippen MR) is 141 cm³/mol. The van der Waals surface area contributed by atoms with Gasteiger partial charge in [-0.25, -0.2) is 9.18 Å². The van der Waals surface area contributed by atoms with Crippen LogP contribution >= 0.6 is 23.2 Å². The van der Waals surface area contributed by atoms with E-state index in [9.17, 15) is 19.1 Å². The summed E-state index contributed by atoms with van der Waals surface area (Å²) in [4.78, 5) is 28.0. The number of aliphatic carboxylic acids is 1. The van der Waals surface area contributed by atoms with Gasteiger partial charge in [-0.3, -0.25) is 4.79 Å². The van der Waals surface area contributed by atoms with Gasteiger partial charge in [0.15, 0.2) is 0 Å². The highest BCUT2D eigenvalue weighted by molar-refractivity contribution is 6.30. The molecule has 1 saturated heterocycles. The van der Waals surface area contributed by atoms with Crippen molar-refractivity contribution in [2.45, 2.75) is 57.4 Å². The van der Waals surface area contributed by atoms with E-state index >= 15 is 0 Å². The molecule has 0 aromatic heterocycles. The molecular weight excluding hydrogens is 516 g/mol. The van der Waals surface area contributed by atoms with Crippen LogP contribution in [0.15, 0.2) is 66.7 Å². The Morgan fingerprint density at radius 1 is 1.05 bits per heavy atom. The van der Waals surface area contributed by atoms with Gasteiger partial charge < -0.3 is 14.7 Å². The maximum absolute atomic E-state index is 14.0. The van der Waals surface area contributed by atoms with Crippen LogP contribution in [0.5, 0.6) is 0 Å². The van der Waals surface area contributed by atoms with Crippen molar-refractivity contribution in [3.63, 3.8) is 0 Å². The summed E-state index contributed by atoms with van der Waals surface area (Å²) < 4.78 is 20.0. The predicted octanol–water partition coefficient (Wildman–Crippen LogP) is 6.95. The minimum Gasteiger partial charge on any atom is -0.480 e. The van der Waals surface area contributed by atoms with Crippen LogP contribution in [0.2, 0.25) is 10.0 Å². The quantitative estimate of drug-likeness (QED) is 0.334. The highest BCUT2D eigenvalue weighted by atomic mass is 35.5. The molecular formula is C29H28Cl2FNO4. The van der Waals surface area contributed by atoms with Crippen molar-refractivity contribution in [3.8, 4) is 0 Å². The molecule has 1 heterocycles. The third kappa shape index (κ3) is 5.98. The molecule has 0 unspecified atom stereocenters. The van der Waals surface area contributed by atoms with Crippen LogP contribution < -0.4 is 0 Å². The van der Waals surface area contributed by atoms with E-state index in [0.717, 1.165) is 11.1 Å². The number of amides is 1. The van der Waals surface area contributed by atoms with Crippen LogP contribution in [-0.4, -0.2) is 34.0 Å². The lowest BCUT2D eigenvalue weighted by Gasteiger charge is -2.47. The summed E-state index contributed by atoms with van der Waals surface area (Å²) >= 11 is 12.4. The average Bonchev–Trinajstić information content (AvgIpc) is 2.86. The third-order valence-electron chi connectivity index (χ3n) is 6.69. The molecule has 1 aliphatic rings. The van der Waals surface area contributed by atoms with Gasteiger partial charge in [0.05, 0.1) is 6.04 Å². The number of carbonyl (C=O) groups is 2. The molecule has 0 spiro atoms. The number of rotatable bonds is 8. The maximum atomic E-state index is 14.0. The van der Waals surface area contributed by atoms with E-state index in [1.165, 1.54) is 17.0 Å². The van der Waals surface area contributed by atoms with Gasteiger partial charge in [0.2, 0.25) is 0 Å². The summed E-state index contributed by atoms with van der Waals surface area (Å²) in [5.41, 5.74) is 3.07. The first-order valence-corrected chi connectivity index (χ1v) is 12.9. The lowest BCUT2D eigenvalue weighted by atomic mass is 9.87. The number of benzene rings is 3. The Hall–Kier alpha value is -2.93. The van der Waals surface area contributed by atoms with Crippen LogP contribution in [0.1, 0.15) is 54.2 Å². The van der Waals surface area contributed by atoms with Gasteiger partial charge >= 0.3 is 5.97 Å². The smallest absolute Gasteiger partial charge is 0.326 e. The molecule has 1 amide bonds. The van der Waals surface area contributed by atoms with Gasteiger partial charge in [-0.2, -0.15) is 0 Å². The Labute approximate surface area is 225 Å². The zero-order chi connectivity index (χ0) is 26.7. The fourth-order valence-corrected chi connectivity index (χ4v) is 5.28.